The van der Waals surface area contributed by atoms with E-state index in [1.165, 1.54) is 31.2 Å². The van der Waals surface area contributed by atoms with Crippen molar-refractivity contribution >= 4 is 0 Å². The fraction of sp³-hybridized carbons (Fsp3) is 0.733. The van der Waals surface area contributed by atoms with Crippen LogP contribution < -0.4 is 5.32 Å². The Morgan fingerprint density at radius 1 is 1.39 bits per heavy atom. The van der Waals surface area contributed by atoms with Crippen LogP contribution in [-0.2, 0) is 6.54 Å². The van der Waals surface area contributed by atoms with Crippen molar-refractivity contribution < 1.29 is 4.42 Å². The van der Waals surface area contributed by atoms with Gasteiger partial charge in [0.05, 0.1) is 12.5 Å². The van der Waals surface area contributed by atoms with E-state index in [1.807, 2.05) is 12.3 Å². The topological polar surface area (TPSA) is 28.4 Å². The van der Waals surface area contributed by atoms with Crippen LogP contribution in [0.1, 0.15) is 38.2 Å². The third-order valence-corrected chi connectivity index (χ3v) is 4.04. The lowest BCUT2D eigenvalue weighted by Crippen LogP contribution is -2.40. The summed E-state index contributed by atoms with van der Waals surface area (Å²) in [7, 11) is 2.17. The van der Waals surface area contributed by atoms with Crippen LogP contribution in [0.15, 0.2) is 23.0 Å². The van der Waals surface area contributed by atoms with Gasteiger partial charge in [-0.05, 0) is 31.9 Å². The summed E-state index contributed by atoms with van der Waals surface area (Å²) in [5, 5.41) is 3.72. The Morgan fingerprint density at radius 2 is 2.22 bits per heavy atom. The number of hydrogen-bond acceptors (Lipinski definition) is 3. The summed E-state index contributed by atoms with van der Waals surface area (Å²) in [4.78, 5) is 2.34. The summed E-state index contributed by atoms with van der Waals surface area (Å²) in [6, 6.07) is 2.77. The molecule has 0 spiro atoms. The molecule has 18 heavy (non-hydrogen) atoms. The van der Waals surface area contributed by atoms with Gasteiger partial charge in [-0.1, -0.05) is 19.8 Å². The molecule has 1 aromatic heterocycles. The maximum absolute atomic E-state index is 5.09. The van der Waals surface area contributed by atoms with Gasteiger partial charge in [0.1, 0.15) is 0 Å². The average Bonchev–Trinajstić information content (AvgIpc) is 2.84. The third-order valence-electron chi connectivity index (χ3n) is 4.04. The summed E-state index contributed by atoms with van der Waals surface area (Å²) < 4.78 is 5.09. The molecule has 3 heteroatoms. The molecule has 102 valence electrons. The molecule has 0 aliphatic heterocycles. The van der Waals surface area contributed by atoms with Gasteiger partial charge in [-0.3, -0.25) is 0 Å². The maximum atomic E-state index is 5.09. The minimum Gasteiger partial charge on any atom is -0.472 e. The first-order valence-electron chi connectivity index (χ1n) is 7.18. The second kappa shape index (κ2) is 6.95. The highest BCUT2D eigenvalue weighted by Crippen LogP contribution is 2.23. The largest absolute Gasteiger partial charge is 0.472 e. The van der Waals surface area contributed by atoms with Crippen molar-refractivity contribution in [3.63, 3.8) is 0 Å². The molecule has 1 N–H and O–H groups in total. The number of rotatable bonds is 6. The molecule has 0 aromatic carbocycles. The van der Waals surface area contributed by atoms with Crippen molar-refractivity contribution in [1.82, 2.24) is 10.2 Å². The summed E-state index contributed by atoms with van der Waals surface area (Å²) in [5.41, 5.74) is 1.25. The van der Waals surface area contributed by atoms with Crippen LogP contribution in [0.25, 0.3) is 0 Å². The predicted molar refractivity (Wildman–Crippen MR) is 74.5 cm³/mol. The highest BCUT2D eigenvalue weighted by atomic mass is 16.3. The lowest BCUT2D eigenvalue weighted by Gasteiger charge is -2.30. The summed E-state index contributed by atoms with van der Waals surface area (Å²) in [5.74, 6) is 0.845. The molecular weight excluding hydrogens is 224 g/mol. The van der Waals surface area contributed by atoms with E-state index >= 15 is 0 Å². The monoisotopic (exact) mass is 250 g/mol. The number of likely N-dealkylation sites (N-methyl/N-ethyl adjacent to an activating group) is 1. The molecule has 1 aromatic rings. The first-order valence-corrected chi connectivity index (χ1v) is 7.18. The summed E-state index contributed by atoms with van der Waals surface area (Å²) in [6.45, 7) is 5.53. The predicted octanol–water partition coefficient (Wildman–Crippen LogP) is 2.88. The van der Waals surface area contributed by atoms with Crippen LogP contribution in [0.4, 0.5) is 0 Å². The van der Waals surface area contributed by atoms with Gasteiger partial charge >= 0.3 is 0 Å². The van der Waals surface area contributed by atoms with E-state index in [0.717, 1.165) is 31.6 Å². The Balaban J connectivity index is 1.62. The molecule has 1 aliphatic carbocycles. The van der Waals surface area contributed by atoms with Crippen molar-refractivity contribution in [2.24, 2.45) is 5.92 Å². The Labute approximate surface area is 111 Å². The summed E-state index contributed by atoms with van der Waals surface area (Å²) >= 11 is 0. The van der Waals surface area contributed by atoms with Crippen molar-refractivity contribution in [3.05, 3.63) is 24.2 Å². The minimum atomic E-state index is 0.737. The van der Waals surface area contributed by atoms with Crippen LogP contribution in [0.3, 0.4) is 0 Å². The summed E-state index contributed by atoms with van der Waals surface area (Å²) in [6.07, 6.45) is 9.13. The van der Waals surface area contributed by atoms with E-state index in [9.17, 15) is 0 Å². The van der Waals surface area contributed by atoms with Gasteiger partial charge < -0.3 is 14.6 Å². The van der Waals surface area contributed by atoms with Crippen LogP contribution in [0.2, 0.25) is 0 Å². The quantitative estimate of drug-likeness (QED) is 0.841. The van der Waals surface area contributed by atoms with E-state index in [4.69, 9.17) is 4.42 Å². The van der Waals surface area contributed by atoms with Gasteiger partial charge in [0.15, 0.2) is 0 Å². The minimum absolute atomic E-state index is 0.737. The first-order chi connectivity index (χ1) is 8.75. The fourth-order valence-corrected chi connectivity index (χ4v) is 2.83. The molecule has 0 bridgehead atoms. The standard InChI is InChI=1S/C15H26N2O/c1-13-5-3-4-6-15(13)16-8-9-17(2)11-14-7-10-18-12-14/h7,10,12-13,15-16H,3-6,8-9,11H2,1-2H3. The van der Waals surface area contributed by atoms with Crippen molar-refractivity contribution in [3.8, 4) is 0 Å². The molecule has 1 fully saturated rings. The number of hydrogen-bond donors (Lipinski definition) is 1. The zero-order valence-electron chi connectivity index (χ0n) is 11.7. The normalized spacial score (nSPS) is 24.6. The lowest BCUT2D eigenvalue weighted by atomic mass is 9.86. The van der Waals surface area contributed by atoms with Gasteiger partial charge in [-0.15, -0.1) is 0 Å². The van der Waals surface area contributed by atoms with Crippen LogP contribution in [0, 0.1) is 5.92 Å². The number of furan rings is 1. The smallest absolute Gasteiger partial charge is 0.0947 e. The molecule has 1 aliphatic rings. The Morgan fingerprint density at radius 3 is 2.94 bits per heavy atom. The van der Waals surface area contributed by atoms with Crippen LogP contribution >= 0.6 is 0 Å². The molecule has 3 nitrogen and oxygen atoms in total. The molecule has 2 unspecified atom stereocenters. The van der Waals surface area contributed by atoms with E-state index in [-0.39, 0.29) is 0 Å². The molecule has 0 amide bonds. The Kier molecular flexibility index (Phi) is 5.26. The maximum Gasteiger partial charge on any atom is 0.0947 e. The van der Waals surface area contributed by atoms with E-state index in [0.29, 0.717) is 0 Å². The Hall–Kier alpha value is -0.800. The van der Waals surface area contributed by atoms with Crippen molar-refractivity contribution in [2.45, 2.75) is 45.2 Å². The van der Waals surface area contributed by atoms with Gasteiger partial charge in [0.25, 0.3) is 0 Å². The molecular formula is C15H26N2O. The van der Waals surface area contributed by atoms with E-state index < -0.39 is 0 Å². The molecule has 2 atom stereocenters. The fourth-order valence-electron chi connectivity index (χ4n) is 2.83. The number of nitrogens with zero attached hydrogens (tertiary/aromatic N) is 1. The lowest BCUT2D eigenvalue weighted by molar-refractivity contribution is 0.258. The van der Waals surface area contributed by atoms with E-state index in [1.54, 1.807) is 6.26 Å². The SMILES string of the molecule is CC1CCCCC1NCCN(C)Cc1ccoc1. The van der Waals surface area contributed by atoms with E-state index in [2.05, 4.69) is 24.2 Å². The highest BCUT2D eigenvalue weighted by molar-refractivity contribution is 5.04. The third kappa shape index (κ3) is 4.14. The molecule has 2 rings (SSSR count). The van der Waals surface area contributed by atoms with Gasteiger partial charge in [-0.2, -0.15) is 0 Å². The van der Waals surface area contributed by atoms with Gasteiger partial charge in [-0.25, -0.2) is 0 Å². The van der Waals surface area contributed by atoms with Crippen molar-refractivity contribution in [2.75, 3.05) is 20.1 Å². The number of nitrogens with one attached hydrogen (secondary N) is 1. The van der Waals surface area contributed by atoms with Crippen molar-refractivity contribution in [1.29, 1.82) is 0 Å². The molecule has 1 heterocycles. The molecule has 0 radical (unpaired) electrons. The molecule has 0 saturated heterocycles. The highest BCUT2D eigenvalue weighted by Gasteiger charge is 2.20. The van der Waals surface area contributed by atoms with Crippen LogP contribution in [0.5, 0.6) is 0 Å². The average molecular weight is 250 g/mol. The second-order valence-electron chi connectivity index (χ2n) is 5.69. The van der Waals surface area contributed by atoms with Crippen LogP contribution in [-0.4, -0.2) is 31.1 Å². The first kappa shape index (κ1) is 13.6. The zero-order valence-corrected chi connectivity index (χ0v) is 11.7. The van der Waals surface area contributed by atoms with Gasteiger partial charge in [0, 0.05) is 31.2 Å². The molecule has 1 saturated carbocycles. The zero-order chi connectivity index (χ0) is 12.8. The Bertz CT molecular complexity index is 323. The van der Waals surface area contributed by atoms with Gasteiger partial charge in [0.2, 0.25) is 0 Å². The second-order valence-corrected chi connectivity index (χ2v) is 5.69.